The fourth-order valence-corrected chi connectivity index (χ4v) is 3.18. The molecule has 1 aromatic heterocycles. The molecule has 0 saturated heterocycles. The van der Waals surface area contributed by atoms with E-state index in [1.165, 1.54) is 11.1 Å². The Hall–Kier alpha value is -2.31. The molecule has 2 aromatic carbocycles. The van der Waals surface area contributed by atoms with Crippen molar-refractivity contribution >= 4 is 15.9 Å². The van der Waals surface area contributed by atoms with E-state index in [0.717, 1.165) is 41.2 Å². The minimum absolute atomic E-state index is 0.718. The molecule has 5 nitrogen and oxygen atoms in total. The summed E-state index contributed by atoms with van der Waals surface area (Å²) >= 11 is 3.59. The predicted octanol–water partition coefficient (Wildman–Crippen LogP) is 4.00. The molecule has 0 amide bonds. The molecule has 0 saturated carbocycles. The van der Waals surface area contributed by atoms with Crippen LogP contribution in [-0.2, 0) is 19.6 Å². The highest BCUT2D eigenvalue weighted by Crippen LogP contribution is 2.33. The summed E-state index contributed by atoms with van der Waals surface area (Å²) in [5.41, 5.74) is 3.60. The maximum absolute atomic E-state index is 5.37. The zero-order valence-electron chi connectivity index (χ0n) is 14.9. The molecule has 6 heteroatoms. The zero-order chi connectivity index (χ0) is 18.4. The quantitative estimate of drug-likeness (QED) is 0.603. The van der Waals surface area contributed by atoms with Gasteiger partial charge in [-0.15, -0.1) is 0 Å². The van der Waals surface area contributed by atoms with Gasteiger partial charge >= 0.3 is 0 Å². The van der Waals surface area contributed by atoms with Crippen LogP contribution >= 0.6 is 15.9 Å². The fraction of sp³-hybridized carbons (Fsp3) is 0.250. The number of hydrogen-bond acceptors (Lipinski definition) is 4. The summed E-state index contributed by atoms with van der Waals surface area (Å²) < 4.78 is 13.6. The molecule has 0 aliphatic carbocycles. The summed E-state index contributed by atoms with van der Waals surface area (Å²) in [7, 11) is 3.28. The van der Waals surface area contributed by atoms with Gasteiger partial charge in [-0.2, -0.15) is 5.10 Å². The average molecular weight is 416 g/mol. The van der Waals surface area contributed by atoms with E-state index in [9.17, 15) is 0 Å². The maximum atomic E-state index is 5.37. The van der Waals surface area contributed by atoms with E-state index in [2.05, 4.69) is 50.6 Å². The van der Waals surface area contributed by atoms with Gasteiger partial charge in [-0.3, -0.25) is 4.68 Å². The number of methoxy groups -OCH3 is 2. The Morgan fingerprint density at radius 3 is 2.35 bits per heavy atom. The second kappa shape index (κ2) is 8.87. The van der Waals surface area contributed by atoms with Crippen molar-refractivity contribution in [1.82, 2.24) is 15.1 Å². The van der Waals surface area contributed by atoms with Crippen LogP contribution in [0.2, 0.25) is 0 Å². The van der Waals surface area contributed by atoms with E-state index in [0.29, 0.717) is 0 Å². The van der Waals surface area contributed by atoms with Crippen LogP contribution in [-0.4, -0.2) is 24.0 Å². The largest absolute Gasteiger partial charge is 0.493 e. The molecule has 3 rings (SSSR count). The number of ether oxygens (including phenoxy) is 2. The lowest BCUT2D eigenvalue weighted by molar-refractivity contribution is 0.354. The highest BCUT2D eigenvalue weighted by atomic mass is 79.9. The Bertz CT molecular complexity index is 833. The molecule has 0 atom stereocenters. The third-order valence-corrected chi connectivity index (χ3v) is 4.86. The summed E-state index contributed by atoms with van der Waals surface area (Å²) in [6.45, 7) is 2.32. The van der Waals surface area contributed by atoms with Crippen LogP contribution in [0.5, 0.6) is 11.5 Å². The molecule has 0 aliphatic heterocycles. The molecule has 0 bridgehead atoms. The highest BCUT2D eigenvalue weighted by molar-refractivity contribution is 9.10. The Labute approximate surface area is 162 Å². The summed E-state index contributed by atoms with van der Waals surface area (Å²) in [4.78, 5) is 0. The normalized spacial score (nSPS) is 10.7. The van der Waals surface area contributed by atoms with E-state index in [-0.39, 0.29) is 0 Å². The third-order valence-electron chi connectivity index (χ3n) is 4.12. The number of rotatable bonds is 8. The standard InChI is InChI=1S/C20H22BrN3O2/c1-25-19-10-17(18(21)11-20(19)26-2)13-22-12-15-4-6-16(7-5-15)14-24-9-3-8-23-24/h3-11,22H,12-14H2,1-2H3. The molecular formula is C20H22BrN3O2. The van der Waals surface area contributed by atoms with Gasteiger partial charge in [0, 0.05) is 30.0 Å². The van der Waals surface area contributed by atoms with E-state index in [1.807, 2.05) is 29.1 Å². The first kappa shape index (κ1) is 18.5. The molecule has 0 spiro atoms. The summed E-state index contributed by atoms with van der Waals surface area (Å²) in [5.74, 6) is 1.45. The lowest BCUT2D eigenvalue weighted by atomic mass is 10.1. The Balaban J connectivity index is 1.56. The highest BCUT2D eigenvalue weighted by Gasteiger charge is 2.09. The van der Waals surface area contributed by atoms with Crippen LogP contribution < -0.4 is 14.8 Å². The third kappa shape index (κ3) is 4.65. The minimum atomic E-state index is 0.718. The smallest absolute Gasteiger partial charge is 0.161 e. The Morgan fingerprint density at radius 2 is 1.69 bits per heavy atom. The monoisotopic (exact) mass is 415 g/mol. The second-order valence-electron chi connectivity index (χ2n) is 5.92. The van der Waals surface area contributed by atoms with E-state index < -0.39 is 0 Å². The van der Waals surface area contributed by atoms with Crippen molar-refractivity contribution in [1.29, 1.82) is 0 Å². The number of benzene rings is 2. The first-order chi connectivity index (χ1) is 12.7. The van der Waals surface area contributed by atoms with Gasteiger partial charge < -0.3 is 14.8 Å². The predicted molar refractivity (Wildman–Crippen MR) is 106 cm³/mol. The Morgan fingerprint density at radius 1 is 1.00 bits per heavy atom. The van der Waals surface area contributed by atoms with Crippen molar-refractivity contribution in [3.8, 4) is 11.5 Å². The van der Waals surface area contributed by atoms with Gasteiger partial charge in [-0.1, -0.05) is 40.2 Å². The Kier molecular flexibility index (Phi) is 6.30. The van der Waals surface area contributed by atoms with Gasteiger partial charge in [0.1, 0.15) is 0 Å². The summed E-state index contributed by atoms with van der Waals surface area (Å²) in [6.07, 6.45) is 3.76. The lowest BCUT2D eigenvalue weighted by Gasteiger charge is -2.13. The molecule has 3 aromatic rings. The van der Waals surface area contributed by atoms with Crippen molar-refractivity contribution < 1.29 is 9.47 Å². The lowest BCUT2D eigenvalue weighted by Crippen LogP contribution is -2.13. The number of hydrogen-bond donors (Lipinski definition) is 1. The van der Waals surface area contributed by atoms with Crippen LogP contribution in [0.3, 0.4) is 0 Å². The van der Waals surface area contributed by atoms with E-state index in [4.69, 9.17) is 9.47 Å². The fourth-order valence-electron chi connectivity index (χ4n) is 2.72. The topological polar surface area (TPSA) is 48.3 Å². The first-order valence-electron chi connectivity index (χ1n) is 8.36. The molecule has 0 radical (unpaired) electrons. The van der Waals surface area contributed by atoms with Gasteiger partial charge in [0.15, 0.2) is 11.5 Å². The molecule has 0 unspecified atom stereocenters. The first-order valence-corrected chi connectivity index (χ1v) is 9.15. The van der Waals surface area contributed by atoms with Crippen molar-refractivity contribution in [2.24, 2.45) is 0 Å². The molecule has 26 heavy (non-hydrogen) atoms. The second-order valence-corrected chi connectivity index (χ2v) is 6.78. The molecule has 1 heterocycles. The summed E-state index contributed by atoms with van der Waals surface area (Å²) in [6, 6.07) is 14.4. The minimum Gasteiger partial charge on any atom is -0.493 e. The van der Waals surface area contributed by atoms with Crippen molar-refractivity contribution in [2.45, 2.75) is 19.6 Å². The molecule has 0 fully saturated rings. The van der Waals surface area contributed by atoms with Gasteiger partial charge in [0.25, 0.3) is 0 Å². The van der Waals surface area contributed by atoms with Crippen LogP contribution in [0.1, 0.15) is 16.7 Å². The van der Waals surface area contributed by atoms with Crippen molar-refractivity contribution in [3.63, 3.8) is 0 Å². The SMILES string of the molecule is COc1cc(Br)c(CNCc2ccc(Cn3cccn3)cc2)cc1OC. The van der Waals surface area contributed by atoms with Crippen LogP contribution in [0.15, 0.2) is 59.3 Å². The van der Waals surface area contributed by atoms with Crippen molar-refractivity contribution in [3.05, 3.63) is 76.0 Å². The number of halogens is 1. The van der Waals surface area contributed by atoms with Crippen LogP contribution in [0, 0.1) is 0 Å². The maximum Gasteiger partial charge on any atom is 0.161 e. The van der Waals surface area contributed by atoms with Gasteiger partial charge in [0.2, 0.25) is 0 Å². The van der Waals surface area contributed by atoms with Gasteiger partial charge in [-0.05, 0) is 34.9 Å². The summed E-state index contributed by atoms with van der Waals surface area (Å²) in [5, 5.41) is 7.70. The van der Waals surface area contributed by atoms with Gasteiger partial charge in [-0.25, -0.2) is 0 Å². The number of aromatic nitrogens is 2. The molecule has 136 valence electrons. The number of nitrogens with one attached hydrogen (secondary N) is 1. The molecule has 0 aliphatic rings. The van der Waals surface area contributed by atoms with Crippen LogP contribution in [0.4, 0.5) is 0 Å². The number of nitrogens with zero attached hydrogens (tertiary/aromatic N) is 2. The zero-order valence-corrected chi connectivity index (χ0v) is 16.5. The molecular weight excluding hydrogens is 394 g/mol. The van der Waals surface area contributed by atoms with Gasteiger partial charge in [0.05, 0.1) is 20.8 Å². The van der Waals surface area contributed by atoms with Crippen molar-refractivity contribution in [2.75, 3.05) is 14.2 Å². The average Bonchev–Trinajstić information content (AvgIpc) is 3.17. The van der Waals surface area contributed by atoms with E-state index >= 15 is 0 Å². The van der Waals surface area contributed by atoms with Crippen LogP contribution in [0.25, 0.3) is 0 Å². The molecule has 1 N–H and O–H groups in total. The van der Waals surface area contributed by atoms with E-state index in [1.54, 1.807) is 20.4 Å².